The third-order valence-electron chi connectivity index (χ3n) is 6.03. The van der Waals surface area contributed by atoms with Gasteiger partial charge in [0.05, 0.1) is 6.61 Å². The van der Waals surface area contributed by atoms with E-state index in [0.717, 1.165) is 51.0 Å². The second kappa shape index (κ2) is 9.36. The molecule has 7 nitrogen and oxygen atoms in total. The number of aromatic amines is 1. The highest BCUT2D eigenvalue weighted by Gasteiger charge is 2.18. The highest BCUT2D eigenvalue weighted by molar-refractivity contribution is 5.94. The molecule has 3 heterocycles. The highest BCUT2D eigenvalue weighted by atomic mass is 16.5. The number of aromatic nitrogens is 3. The van der Waals surface area contributed by atoms with Crippen molar-refractivity contribution in [1.29, 1.82) is 0 Å². The van der Waals surface area contributed by atoms with Gasteiger partial charge < -0.3 is 14.6 Å². The van der Waals surface area contributed by atoms with Crippen molar-refractivity contribution in [2.45, 2.75) is 12.8 Å². The Bertz CT molecular complexity index is 1260. The van der Waals surface area contributed by atoms with Crippen LogP contribution in [0.1, 0.15) is 12.8 Å². The van der Waals surface area contributed by atoms with E-state index >= 15 is 0 Å². The van der Waals surface area contributed by atoms with Gasteiger partial charge in [-0.1, -0.05) is 36.4 Å². The van der Waals surface area contributed by atoms with Gasteiger partial charge in [-0.25, -0.2) is 4.98 Å². The maximum Gasteiger partial charge on any atom is 0.318 e. The molecule has 0 saturated carbocycles. The zero-order chi connectivity index (χ0) is 21.8. The number of anilines is 1. The van der Waals surface area contributed by atoms with Crippen LogP contribution in [0.15, 0.2) is 65.6 Å². The van der Waals surface area contributed by atoms with E-state index in [2.05, 4.69) is 67.2 Å². The number of hydrogen-bond acceptors (Lipinski definition) is 6. The number of unbranched alkanes of at least 4 members (excludes halogenated alkanes) is 1. The number of H-pyrrole nitrogens is 1. The molecule has 1 aliphatic rings. The summed E-state index contributed by atoms with van der Waals surface area (Å²) in [6, 6.07) is 18.7. The number of ether oxygens (including phenoxy) is 1. The zero-order valence-corrected chi connectivity index (χ0v) is 18.0. The molecule has 0 radical (unpaired) electrons. The number of benzene rings is 2. The number of piperazine rings is 1. The first-order valence-corrected chi connectivity index (χ1v) is 11.2. The summed E-state index contributed by atoms with van der Waals surface area (Å²) < 4.78 is 5.69. The molecule has 0 aliphatic carbocycles. The van der Waals surface area contributed by atoms with E-state index in [1.165, 1.54) is 22.5 Å². The molecule has 0 spiro atoms. The van der Waals surface area contributed by atoms with Gasteiger partial charge in [-0.05, 0) is 36.9 Å². The molecule has 4 aromatic rings. The number of pyridine rings is 1. The van der Waals surface area contributed by atoms with E-state index in [0.29, 0.717) is 18.3 Å². The molecule has 32 heavy (non-hydrogen) atoms. The normalized spacial score (nSPS) is 14.8. The van der Waals surface area contributed by atoms with Crippen LogP contribution in [0, 0.1) is 0 Å². The summed E-state index contributed by atoms with van der Waals surface area (Å²) in [4.78, 5) is 27.7. The van der Waals surface area contributed by atoms with Crippen molar-refractivity contribution in [3.8, 4) is 6.01 Å². The molecule has 5 rings (SSSR count). The molecule has 164 valence electrons. The summed E-state index contributed by atoms with van der Waals surface area (Å²) in [6.45, 7) is 5.88. The Morgan fingerprint density at radius 3 is 2.66 bits per heavy atom. The maximum absolute atomic E-state index is 11.4. The predicted octanol–water partition coefficient (Wildman–Crippen LogP) is 3.45. The largest absolute Gasteiger partial charge is 0.463 e. The van der Waals surface area contributed by atoms with Gasteiger partial charge in [0.2, 0.25) is 5.56 Å². The summed E-state index contributed by atoms with van der Waals surface area (Å²) in [5.74, 6) is 0. The summed E-state index contributed by atoms with van der Waals surface area (Å²) in [5.41, 5.74) is 1.67. The maximum atomic E-state index is 11.4. The summed E-state index contributed by atoms with van der Waals surface area (Å²) in [6.07, 6.45) is 3.68. The quantitative estimate of drug-likeness (QED) is 0.454. The molecule has 0 unspecified atom stereocenters. The minimum Gasteiger partial charge on any atom is -0.463 e. The molecular formula is C25H27N5O2. The lowest BCUT2D eigenvalue weighted by atomic mass is 10.1. The fourth-order valence-corrected chi connectivity index (χ4v) is 4.29. The Morgan fingerprint density at radius 1 is 0.906 bits per heavy atom. The van der Waals surface area contributed by atoms with E-state index in [9.17, 15) is 4.79 Å². The number of nitrogens with one attached hydrogen (secondary N) is 1. The fourth-order valence-electron chi connectivity index (χ4n) is 4.29. The van der Waals surface area contributed by atoms with Gasteiger partial charge in [0.1, 0.15) is 5.65 Å². The van der Waals surface area contributed by atoms with Crippen molar-refractivity contribution in [2.75, 3.05) is 44.2 Å². The third kappa shape index (κ3) is 4.57. The average molecular weight is 430 g/mol. The van der Waals surface area contributed by atoms with Gasteiger partial charge in [-0.3, -0.25) is 9.69 Å². The van der Waals surface area contributed by atoms with Crippen LogP contribution in [-0.2, 0) is 0 Å². The second-order valence-corrected chi connectivity index (χ2v) is 8.16. The average Bonchev–Trinajstić information content (AvgIpc) is 2.83. The van der Waals surface area contributed by atoms with Gasteiger partial charge in [0.15, 0.2) is 0 Å². The van der Waals surface area contributed by atoms with Gasteiger partial charge in [0.25, 0.3) is 0 Å². The number of fused-ring (bicyclic) bond motifs is 2. The number of rotatable bonds is 7. The standard InChI is InChI=1S/C25H27N5O2/c31-23-11-10-20-18-26-25(28-24(20)27-23)32-17-4-3-12-29-13-15-30(16-14-29)22-9-5-7-19-6-1-2-8-21(19)22/h1-2,5-11,18H,3-4,12-17H2,(H,26,27,28,31). The molecule has 1 aliphatic heterocycles. The minimum absolute atomic E-state index is 0.178. The van der Waals surface area contributed by atoms with Crippen molar-refractivity contribution in [3.05, 3.63) is 71.1 Å². The van der Waals surface area contributed by atoms with Crippen LogP contribution in [-0.4, -0.2) is 59.2 Å². The molecule has 2 aromatic carbocycles. The zero-order valence-electron chi connectivity index (χ0n) is 18.0. The van der Waals surface area contributed by atoms with Crippen molar-refractivity contribution in [2.24, 2.45) is 0 Å². The van der Waals surface area contributed by atoms with Crippen LogP contribution in [0.5, 0.6) is 6.01 Å². The Labute approximate surface area is 186 Å². The Morgan fingerprint density at radius 2 is 1.75 bits per heavy atom. The summed E-state index contributed by atoms with van der Waals surface area (Å²) in [5, 5.41) is 3.43. The number of hydrogen-bond donors (Lipinski definition) is 1. The molecule has 0 atom stereocenters. The smallest absolute Gasteiger partial charge is 0.318 e. The summed E-state index contributed by atoms with van der Waals surface area (Å²) in [7, 11) is 0. The van der Waals surface area contributed by atoms with E-state index in [4.69, 9.17) is 4.74 Å². The lowest BCUT2D eigenvalue weighted by Gasteiger charge is -2.36. The van der Waals surface area contributed by atoms with Gasteiger partial charge >= 0.3 is 6.01 Å². The van der Waals surface area contributed by atoms with E-state index in [1.807, 2.05) is 0 Å². The molecule has 1 saturated heterocycles. The molecule has 1 fully saturated rings. The van der Waals surface area contributed by atoms with Crippen LogP contribution >= 0.6 is 0 Å². The second-order valence-electron chi connectivity index (χ2n) is 8.16. The first-order chi connectivity index (χ1) is 15.8. The van der Waals surface area contributed by atoms with Crippen molar-refractivity contribution < 1.29 is 4.74 Å². The predicted molar refractivity (Wildman–Crippen MR) is 127 cm³/mol. The van der Waals surface area contributed by atoms with Crippen LogP contribution in [0.2, 0.25) is 0 Å². The van der Waals surface area contributed by atoms with E-state index in [1.54, 1.807) is 12.3 Å². The van der Waals surface area contributed by atoms with E-state index in [-0.39, 0.29) is 5.56 Å². The Hall–Kier alpha value is -3.45. The van der Waals surface area contributed by atoms with Gasteiger partial charge in [0, 0.05) is 54.9 Å². The van der Waals surface area contributed by atoms with Gasteiger partial charge in [-0.15, -0.1) is 0 Å². The topological polar surface area (TPSA) is 74.3 Å². The molecule has 7 heteroatoms. The molecule has 0 amide bonds. The SMILES string of the molecule is O=c1ccc2cnc(OCCCCN3CCN(c4cccc5ccccc45)CC3)nc2[nH]1. The lowest BCUT2D eigenvalue weighted by Crippen LogP contribution is -2.46. The van der Waals surface area contributed by atoms with Crippen LogP contribution < -0.4 is 15.2 Å². The molecule has 1 N–H and O–H groups in total. The fraction of sp³-hybridized carbons (Fsp3) is 0.320. The highest BCUT2D eigenvalue weighted by Crippen LogP contribution is 2.27. The first-order valence-electron chi connectivity index (χ1n) is 11.2. The third-order valence-corrected chi connectivity index (χ3v) is 6.03. The first kappa shape index (κ1) is 20.5. The molecule has 2 aromatic heterocycles. The Balaban J connectivity index is 1.06. The molecular weight excluding hydrogens is 402 g/mol. The van der Waals surface area contributed by atoms with Crippen LogP contribution in [0.4, 0.5) is 5.69 Å². The summed E-state index contributed by atoms with van der Waals surface area (Å²) >= 11 is 0. The monoisotopic (exact) mass is 429 g/mol. The van der Waals surface area contributed by atoms with Gasteiger partial charge in [-0.2, -0.15) is 4.98 Å². The van der Waals surface area contributed by atoms with Crippen molar-refractivity contribution in [3.63, 3.8) is 0 Å². The minimum atomic E-state index is -0.178. The van der Waals surface area contributed by atoms with Crippen molar-refractivity contribution in [1.82, 2.24) is 19.9 Å². The van der Waals surface area contributed by atoms with Crippen LogP contribution in [0.3, 0.4) is 0 Å². The van der Waals surface area contributed by atoms with Crippen molar-refractivity contribution >= 4 is 27.5 Å². The molecule has 0 bridgehead atoms. The van der Waals surface area contributed by atoms with E-state index < -0.39 is 0 Å². The number of nitrogens with zero attached hydrogens (tertiary/aromatic N) is 4. The lowest BCUT2D eigenvalue weighted by molar-refractivity contribution is 0.234. The Kier molecular flexibility index (Phi) is 5.98. The van der Waals surface area contributed by atoms with Crippen LogP contribution in [0.25, 0.3) is 21.8 Å².